The standard InChI is InChI=1S/C15H26N2O2/c1-4-7-13-15(19)17(11(3)14(18)16-13)10(2)12-8-5-6-9-12/h10-13H,4-9H2,1-3H3,(H,16,18). The quantitative estimate of drug-likeness (QED) is 0.847. The molecule has 1 saturated carbocycles. The van der Waals surface area contributed by atoms with Crippen molar-refractivity contribution in [3.05, 3.63) is 0 Å². The van der Waals surface area contributed by atoms with E-state index in [9.17, 15) is 9.59 Å². The van der Waals surface area contributed by atoms with Gasteiger partial charge in [0.25, 0.3) is 0 Å². The van der Waals surface area contributed by atoms with Crippen LogP contribution in [0.1, 0.15) is 59.3 Å². The molecule has 1 aliphatic heterocycles. The maximum absolute atomic E-state index is 12.6. The van der Waals surface area contributed by atoms with Gasteiger partial charge in [-0.25, -0.2) is 0 Å². The third kappa shape index (κ3) is 2.77. The number of carbonyl (C=O) groups is 2. The van der Waals surface area contributed by atoms with E-state index in [1.165, 1.54) is 25.7 Å². The van der Waals surface area contributed by atoms with E-state index in [0.29, 0.717) is 5.92 Å². The lowest BCUT2D eigenvalue weighted by Gasteiger charge is -2.43. The number of piperazine rings is 1. The van der Waals surface area contributed by atoms with Crippen molar-refractivity contribution < 1.29 is 9.59 Å². The number of hydrogen-bond donors (Lipinski definition) is 1. The summed E-state index contributed by atoms with van der Waals surface area (Å²) in [5.41, 5.74) is 0. The number of nitrogens with one attached hydrogen (secondary N) is 1. The minimum Gasteiger partial charge on any atom is -0.343 e. The molecule has 1 saturated heterocycles. The van der Waals surface area contributed by atoms with Crippen LogP contribution in [0.5, 0.6) is 0 Å². The molecule has 1 heterocycles. The van der Waals surface area contributed by atoms with Crippen LogP contribution in [-0.4, -0.2) is 34.8 Å². The molecule has 19 heavy (non-hydrogen) atoms. The lowest BCUT2D eigenvalue weighted by Crippen LogP contribution is -2.65. The highest BCUT2D eigenvalue weighted by Gasteiger charge is 2.42. The monoisotopic (exact) mass is 266 g/mol. The van der Waals surface area contributed by atoms with Crippen LogP contribution in [0.25, 0.3) is 0 Å². The highest BCUT2D eigenvalue weighted by Crippen LogP contribution is 2.32. The van der Waals surface area contributed by atoms with Crippen LogP contribution >= 0.6 is 0 Å². The van der Waals surface area contributed by atoms with Crippen LogP contribution in [-0.2, 0) is 9.59 Å². The smallest absolute Gasteiger partial charge is 0.246 e. The molecule has 0 bridgehead atoms. The first kappa shape index (κ1) is 14.4. The number of carbonyl (C=O) groups excluding carboxylic acids is 2. The maximum Gasteiger partial charge on any atom is 0.246 e. The molecule has 4 nitrogen and oxygen atoms in total. The molecule has 3 atom stereocenters. The first-order valence-electron chi connectivity index (χ1n) is 7.68. The zero-order chi connectivity index (χ0) is 14.0. The van der Waals surface area contributed by atoms with E-state index in [1.807, 2.05) is 18.7 Å². The highest BCUT2D eigenvalue weighted by atomic mass is 16.2. The minimum atomic E-state index is -0.323. The van der Waals surface area contributed by atoms with E-state index in [0.717, 1.165) is 12.8 Å². The van der Waals surface area contributed by atoms with Crippen molar-refractivity contribution in [3.8, 4) is 0 Å². The molecule has 0 radical (unpaired) electrons. The average molecular weight is 266 g/mol. The normalized spacial score (nSPS) is 30.6. The van der Waals surface area contributed by atoms with Crippen LogP contribution < -0.4 is 5.32 Å². The molecular formula is C15H26N2O2. The maximum atomic E-state index is 12.6. The Hall–Kier alpha value is -1.06. The Labute approximate surface area is 115 Å². The zero-order valence-corrected chi connectivity index (χ0v) is 12.3. The molecule has 2 amide bonds. The third-order valence-electron chi connectivity index (χ3n) is 4.76. The summed E-state index contributed by atoms with van der Waals surface area (Å²) in [6.45, 7) is 6.01. The van der Waals surface area contributed by atoms with E-state index in [4.69, 9.17) is 0 Å². The van der Waals surface area contributed by atoms with Gasteiger partial charge < -0.3 is 10.2 Å². The van der Waals surface area contributed by atoms with E-state index >= 15 is 0 Å². The summed E-state index contributed by atoms with van der Waals surface area (Å²) in [7, 11) is 0. The van der Waals surface area contributed by atoms with Gasteiger partial charge in [0.05, 0.1) is 0 Å². The van der Waals surface area contributed by atoms with Gasteiger partial charge in [0.2, 0.25) is 11.8 Å². The molecule has 0 aromatic rings. The second kappa shape index (κ2) is 5.93. The second-order valence-corrected chi connectivity index (χ2v) is 6.06. The summed E-state index contributed by atoms with van der Waals surface area (Å²) in [6.07, 6.45) is 6.56. The lowest BCUT2D eigenvalue weighted by atomic mass is 9.94. The summed E-state index contributed by atoms with van der Waals surface area (Å²) < 4.78 is 0. The summed E-state index contributed by atoms with van der Waals surface area (Å²) in [5, 5.41) is 2.86. The lowest BCUT2D eigenvalue weighted by molar-refractivity contribution is -0.152. The van der Waals surface area contributed by atoms with Gasteiger partial charge in [0.1, 0.15) is 12.1 Å². The largest absolute Gasteiger partial charge is 0.343 e. The Morgan fingerprint density at radius 2 is 1.95 bits per heavy atom. The van der Waals surface area contributed by atoms with Crippen LogP contribution in [0, 0.1) is 5.92 Å². The van der Waals surface area contributed by atoms with E-state index in [-0.39, 0.29) is 29.9 Å². The molecule has 1 aliphatic carbocycles. The van der Waals surface area contributed by atoms with Gasteiger partial charge in [0, 0.05) is 6.04 Å². The third-order valence-corrected chi connectivity index (χ3v) is 4.76. The molecule has 4 heteroatoms. The molecule has 0 aromatic carbocycles. The van der Waals surface area contributed by atoms with Crippen molar-refractivity contribution in [1.29, 1.82) is 0 Å². The first-order valence-corrected chi connectivity index (χ1v) is 7.68. The first-order chi connectivity index (χ1) is 9.06. The fraction of sp³-hybridized carbons (Fsp3) is 0.867. The fourth-order valence-corrected chi connectivity index (χ4v) is 3.56. The summed E-state index contributed by atoms with van der Waals surface area (Å²) in [5.74, 6) is 0.691. The molecule has 2 fully saturated rings. The molecule has 3 unspecified atom stereocenters. The van der Waals surface area contributed by atoms with Crippen molar-refractivity contribution in [1.82, 2.24) is 10.2 Å². The molecule has 0 aromatic heterocycles. The molecular weight excluding hydrogens is 240 g/mol. The average Bonchev–Trinajstić information content (AvgIpc) is 2.90. The van der Waals surface area contributed by atoms with E-state index < -0.39 is 0 Å². The Kier molecular flexibility index (Phi) is 4.48. The van der Waals surface area contributed by atoms with Crippen LogP contribution in [0.2, 0.25) is 0 Å². The molecule has 108 valence electrons. The van der Waals surface area contributed by atoms with Crippen molar-refractivity contribution in [3.63, 3.8) is 0 Å². The van der Waals surface area contributed by atoms with Gasteiger partial charge in [-0.2, -0.15) is 0 Å². The van der Waals surface area contributed by atoms with Crippen LogP contribution in [0.15, 0.2) is 0 Å². The van der Waals surface area contributed by atoms with Gasteiger partial charge >= 0.3 is 0 Å². The van der Waals surface area contributed by atoms with E-state index in [2.05, 4.69) is 12.2 Å². The molecule has 0 spiro atoms. The summed E-state index contributed by atoms with van der Waals surface area (Å²) >= 11 is 0. The van der Waals surface area contributed by atoms with Crippen LogP contribution in [0.4, 0.5) is 0 Å². The number of rotatable bonds is 4. The van der Waals surface area contributed by atoms with Gasteiger partial charge in [-0.1, -0.05) is 26.2 Å². The van der Waals surface area contributed by atoms with Gasteiger partial charge in [-0.05, 0) is 39.0 Å². The summed E-state index contributed by atoms with van der Waals surface area (Å²) in [6, 6.07) is -0.441. The van der Waals surface area contributed by atoms with Gasteiger partial charge in [0.15, 0.2) is 0 Å². The van der Waals surface area contributed by atoms with Gasteiger partial charge in [-0.3, -0.25) is 9.59 Å². The Morgan fingerprint density at radius 3 is 2.53 bits per heavy atom. The van der Waals surface area contributed by atoms with Crippen molar-refractivity contribution in [2.24, 2.45) is 5.92 Å². The molecule has 2 aliphatic rings. The SMILES string of the molecule is CCCC1NC(=O)C(C)N(C(C)C2CCCC2)C1=O. The number of amides is 2. The Balaban J connectivity index is 2.14. The minimum absolute atomic E-state index is 0.00268. The van der Waals surface area contributed by atoms with Crippen LogP contribution in [0.3, 0.4) is 0 Å². The van der Waals surface area contributed by atoms with Crippen molar-refractivity contribution in [2.45, 2.75) is 77.4 Å². The second-order valence-electron chi connectivity index (χ2n) is 6.06. The predicted molar refractivity (Wildman–Crippen MR) is 74.6 cm³/mol. The van der Waals surface area contributed by atoms with Crippen molar-refractivity contribution >= 4 is 11.8 Å². The Morgan fingerprint density at radius 1 is 1.32 bits per heavy atom. The molecule has 1 N–H and O–H groups in total. The van der Waals surface area contributed by atoms with Gasteiger partial charge in [-0.15, -0.1) is 0 Å². The van der Waals surface area contributed by atoms with Crippen molar-refractivity contribution in [2.75, 3.05) is 0 Å². The highest BCUT2D eigenvalue weighted by molar-refractivity contribution is 5.96. The number of hydrogen-bond acceptors (Lipinski definition) is 2. The molecule has 2 rings (SSSR count). The summed E-state index contributed by atoms with van der Waals surface area (Å²) in [4.78, 5) is 26.5. The Bertz CT molecular complexity index is 350. The van der Waals surface area contributed by atoms with E-state index in [1.54, 1.807) is 0 Å². The zero-order valence-electron chi connectivity index (χ0n) is 12.3. The number of nitrogens with zero attached hydrogens (tertiary/aromatic N) is 1. The topological polar surface area (TPSA) is 49.4 Å². The predicted octanol–water partition coefficient (Wildman–Crippen LogP) is 2.08. The fourth-order valence-electron chi connectivity index (χ4n) is 3.56.